The van der Waals surface area contributed by atoms with E-state index < -0.39 is 18.4 Å². The Bertz CT molecular complexity index is 713. The summed E-state index contributed by atoms with van der Waals surface area (Å²) in [5.74, 6) is 0.190. The minimum atomic E-state index is -2.15. The summed E-state index contributed by atoms with van der Waals surface area (Å²) in [5.41, 5.74) is 4.04. The molecule has 0 amide bonds. The number of benzene rings is 2. The van der Waals surface area contributed by atoms with Gasteiger partial charge in [0.25, 0.3) is 0 Å². The van der Waals surface area contributed by atoms with Gasteiger partial charge >= 0.3 is 129 Å². The fraction of sp³-hybridized carbons (Fsp3) is 0.235. The summed E-state index contributed by atoms with van der Waals surface area (Å²) in [4.78, 5) is 21.0. The summed E-state index contributed by atoms with van der Waals surface area (Å²) in [6, 6.07) is 12.5. The van der Waals surface area contributed by atoms with Gasteiger partial charge in [0.05, 0.1) is 0 Å². The molecule has 0 atom stereocenters. The average Bonchev–Trinajstić information content (AvgIpc) is 2.71. The maximum absolute atomic E-state index is 12.6. The molecular formula is C17H18OSSn. The number of carbonyl (C=O) groups excluding carboxylic acids is 1. The molecule has 0 aromatic heterocycles. The molecule has 0 fully saturated rings. The van der Waals surface area contributed by atoms with Crippen LogP contribution in [-0.2, 0) is 0 Å². The monoisotopic (exact) mass is 390 g/mol. The Morgan fingerprint density at radius 3 is 2.20 bits per heavy atom. The molecule has 0 unspecified atom stereocenters. The van der Waals surface area contributed by atoms with E-state index in [1.54, 1.807) is 11.8 Å². The first-order chi connectivity index (χ1) is 9.43. The second-order valence-corrected chi connectivity index (χ2v) is 21.6. The first kappa shape index (κ1) is 14.2. The SMILES string of the molecule is CSc1c[c]([Sn]([CH3])([CH3])[CH3])cc2c1C(=O)c1ccccc1-2. The van der Waals surface area contributed by atoms with E-state index in [2.05, 4.69) is 39.3 Å². The maximum atomic E-state index is 12.6. The van der Waals surface area contributed by atoms with Crippen molar-refractivity contribution < 1.29 is 4.79 Å². The third-order valence-corrected chi connectivity index (χ3v) is 10.4. The van der Waals surface area contributed by atoms with Gasteiger partial charge in [0.2, 0.25) is 0 Å². The van der Waals surface area contributed by atoms with Gasteiger partial charge in [0, 0.05) is 0 Å². The van der Waals surface area contributed by atoms with Crippen molar-refractivity contribution in [3.8, 4) is 11.1 Å². The van der Waals surface area contributed by atoms with Gasteiger partial charge < -0.3 is 0 Å². The molecule has 0 saturated heterocycles. The Morgan fingerprint density at radius 1 is 0.950 bits per heavy atom. The second-order valence-electron chi connectivity index (χ2n) is 6.23. The Balaban J connectivity index is 2.34. The molecule has 0 bridgehead atoms. The van der Waals surface area contributed by atoms with Crippen molar-refractivity contribution in [3.63, 3.8) is 0 Å². The fourth-order valence-electron chi connectivity index (χ4n) is 2.71. The summed E-state index contributed by atoms with van der Waals surface area (Å²) < 4.78 is 1.49. The molecule has 0 spiro atoms. The fourth-order valence-corrected chi connectivity index (χ4v) is 6.95. The van der Waals surface area contributed by atoms with Crippen LogP contribution in [0, 0.1) is 0 Å². The molecular weight excluding hydrogens is 371 g/mol. The van der Waals surface area contributed by atoms with Crippen LogP contribution in [0.15, 0.2) is 41.3 Å². The molecule has 0 N–H and O–H groups in total. The molecule has 0 aliphatic heterocycles. The Labute approximate surface area is 128 Å². The molecule has 0 saturated carbocycles. The van der Waals surface area contributed by atoms with Crippen molar-refractivity contribution in [2.45, 2.75) is 19.7 Å². The molecule has 3 rings (SSSR count). The van der Waals surface area contributed by atoms with Crippen molar-refractivity contribution in [1.29, 1.82) is 0 Å². The van der Waals surface area contributed by atoms with E-state index in [0.717, 1.165) is 27.1 Å². The Kier molecular flexibility index (Phi) is 3.49. The summed E-state index contributed by atoms with van der Waals surface area (Å²) in [6.07, 6.45) is 2.06. The molecule has 0 radical (unpaired) electrons. The van der Waals surface area contributed by atoms with E-state index in [-0.39, 0.29) is 5.78 Å². The Morgan fingerprint density at radius 2 is 1.60 bits per heavy atom. The van der Waals surface area contributed by atoms with Gasteiger partial charge in [0.1, 0.15) is 0 Å². The van der Waals surface area contributed by atoms with Crippen molar-refractivity contribution in [1.82, 2.24) is 0 Å². The van der Waals surface area contributed by atoms with E-state index in [4.69, 9.17) is 0 Å². The Hall–Kier alpha value is -0.741. The molecule has 102 valence electrons. The number of thioether (sulfide) groups is 1. The van der Waals surface area contributed by atoms with Crippen LogP contribution in [0.25, 0.3) is 11.1 Å². The normalized spacial score (nSPS) is 13.3. The van der Waals surface area contributed by atoms with E-state index in [1.165, 1.54) is 3.58 Å². The third kappa shape index (κ3) is 2.13. The van der Waals surface area contributed by atoms with Crippen molar-refractivity contribution in [2.24, 2.45) is 0 Å². The average molecular weight is 389 g/mol. The number of ketones is 1. The van der Waals surface area contributed by atoms with Crippen molar-refractivity contribution in [2.75, 3.05) is 6.26 Å². The number of carbonyl (C=O) groups is 1. The van der Waals surface area contributed by atoms with Gasteiger partial charge in [-0.15, -0.1) is 0 Å². The standard InChI is InChI=1S/C14H9OS.3CH3.Sn/c1-16-12-8-4-7-10-9-5-2-3-6-11(9)14(15)13(10)12;;;;/h2-3,5-8H,1H3;3*1H3;. The first-order valence-corrected chi connectivity index (χ1v) is 18.0. The van der Waals surface area contributed by atoms with E-state index >= 15 is 0 Å². The van der Waals surface area contributed by atoms with Gasteiger partial charge in [-0.2, -0.15) is 0 Å². The van der Waals surface area contributed by atoms with Crippen LogP contribution in [0.5, 0.6) is 0 Å². The molecule has 20 heavy (non-hydrogen) atoms. The molecule has 2 aromatic carbocycles. The summed E-state index contributed by atoms with van der Waals surface area (Å²) in [5, 5.41) is 0. The third-order valence-electron chi connectivity index (χ3n) is 3.88. The summed E-state index contributed by atoms with van der Waals surface area (Å²) in [6.45, 7) is 0. The van der Waals surface area contributed by atoms with E-state index in [9.17, 15) is 4.79 Å². The zero-order chi connectivity index (χ0) is 14.5. The van der Waals surface area contributed by atoms with Crippen LogP contribution < -0.4 is 3.58 Å². The van der Waals surface area contributed by atoms with Crippen LogP contribution in [0.1, 0.15) is 15.9 Å². The molecule has 0 heterocycles. The van der Waals surface area contributed by atoms with Gasteiger partial charge in [0.15, 0.2) is 0 Å². The van der Waals surface area contributed by atoms with Gasteiger partial charge in [-0.1, -0.05) is 0 Å². The zero-order valence-corrected chi connectivity index (χ0v) is 16.0. The van der Waals surface area contributed by atoms with Crippen LogP contribution in [0.4, 0.5) is 0 Å². The summed E-state index contributed by atoms with van der Waals surface area (Å²) in [7, 11) is 0. The van der Waals surface area contributed by atoms with Crippen LogP contribution in [-0.4, -0.2) is 30.4 Å². The molecule has 3 heteroatoms. The molecule has 1 nitrogen and oxygen atoms in total. The molecule has 1 aliphatic rings. The first-order valence-electron chi connectivity index (χ1n) is 6.80. The van der Waals surface area contributed by atoms with Gasteiger partial charge in [-0.25, -0.2) is 0 Å². The quantitative estimate of drug-likeness (QED) is 0.484. The molecule has 2 aromatic rings. The van der Waals surface area contributed by atoms with Gasteiger partial charge in [-0.05, 0) is 0 Å². The predicted octanol–water partition coefficient (Wildman–Crippen LogP) is 4.17. The van der Waals surface area contributed by atoms with Crippen LogP contribution in [0.2, 0.25) is 14.8 Å². The van der Waals surface area contributed by atoms with Crippen molar-refractivity contribution >= 4 is 39.5 Å². The van der Waals surface area contributed by atoms with Crippen LogP contribution >= 0.6 is 11.8 Å². The van der Waals surface area contributed by atoms with Crippen LogP contribution in [0.3, 0.4) is 0 Å². The van der Waals surface area contributed by atoms with E-state index in [1.807, 2.05) is 18.2 Å². The van der Waals surface area contributed by atoms with Gasteiger partial charge in [-0.3, -0.25) is 0 Å². The number of rotatable bonds is 2. The predicted molar refractivity (Wildman–Crippen MR) is 90.1 cm³/mol. The summed E-state index contributed by atoms with van der Waals surface area (Å²) >= 11 is -0.455. The van der Waals surface area contributed by atoms with E-state index in [0.29, 0.717) is 0 Å². The topological polar surface area (TPSA) is 17.1 Å². The number of hydrogen-bond donors (Lipinski definition) is 0. The number of hydrogen-bond acceptors (Lipinski definition) is 2. The zero-order valence-electron chi connectivity index (χ0n) is 12.3. The minimum absolute atomic E-state index is 0.190. The van der Waals surface area contributed by atoms with Crippen molar-refractivity contribution in [3.05, 3.63) is 47.5 Å². The second kappa shape index (κ2) is 4.92. The number of fused-ring (bicyclic) bond motifs is 3. The molecule has 1 aliphatic carbocycles.